The molecule has 5 heteroatoms. The van der Waals surface area contributed by atoms with E-state index in [1.54, 1.807) is 0 Å². The van der Waals surface area contributed by atoms with Gasteiger partial charge in [-0.15, -0.1) is 12.4 Å². The lowest BCUT2D eigenvalue weighted by Crippen LogP contribution is -2.08. The van der Waals surface area contributed by atoms with E-state index in [-0.39, 0.29) is 12.4 Å². The summed E-state index contributed by atoms with van der Waals surface area (Å²) in [7, 11) is 0. The predicted octanol–water partition coefficient (Wildman–Crippen LogP) is 1.77. The van der Waals surface area contributed by atoms with Crippen LogP contribution in [-0.4, -0.2) is 23.2 Å². The summed E-state index contributed by atoms with van der Waals surface area (Å²) in [5.74, 6) is 2.68. The molecule has 0 bridgehead atoms. The maximum absolute atomic E-state index is 5.25. The number of hydrogen-bond donors (Lipinski definition) is 1. The molecule has 0 amide bonds. The third kappa shape index (κ3) is 3.18. The minimum Gasteiger partial charge on any atom is -0.339 e. The Labute approximate surface area is 96.2 Å². The Kier molecular flexibility index (Phi) is 4.54. The summed E-state index contributed by atoms with van der Waals surface area (Å²) in [5, 5.41) is 7.28. The highest BCUT2D eigenvalue weighted by Gasteiger charge is 2.22. The molecule has 4 nitrogen and oxygen atoms in total. The minimum absolute atomic E-state index is 0. The van der Waals surface area contributed by atoms with Gasteiger partial charge in [-0.25, -0.2) is 0 Å². The first kappa shape index (κ1) is 12.5. The van der Waals surface area contributed by atoms with E-state index in [9.17, 15) is 0 Å². The molecule has 1 atom stereocenters. The van der Waals surface area contributed by atoms with Gasteiger partial charge >= 0.3 is 0 Å². The number of nitrogens with one attached hydrogen (secondary N) is 1. The second-order valence-electron chi connectivity index (χ2n) is 4.34. The summed E-state index contributed by atoms with van der Waals surface area (Å²) in [4.78, 5) is 4.41. The molecule has 1 aromatic heterocycles. The van der Waals surface area contributed by atoms with Gasteiger partial charge in [0.05, 0.1) is 5.92 Å². The SMILES string of the molecule is CC(C)Cc1noc([C@@H]2CCNC2)n1.Cl. The van der Waals surface area contributed by atoms with E-state index in [4.69, 9.17) is 4.52 Å². The Hall–Kier alpha value is -0.610. The predicted molar refractivity (Wildman–Crippen MR) is 60.3 cm³/mol. The lowest BCUT2D eigenvalue weighted by atomic mass is 10.1. The van der Waals surface area contributed by atoms with Crippen LogP contribution in [-0.2, 0) is 6.42 Å². The summed E-state index contributed by atoms with van der Waals surface area (Å²) < 4.78 is 5.25. The van der Waals surface area contributed by atoms with Crippen LogP contribution in [0.2, 0.25) is 0 Å². The van der Waals surface area contributed by atoms with Crippen molar-refractivity contribution in [3.8, 4) is 0 Å². The van der Waals surface area contributed by atoms with Crippen LogP contribution in [0.4, 0.5) is 0 Å². The van der Waals surface area contributed by atoms with Crippen molar-refractivity contribution in [3.63, 3.8) is 0 Å². The molecular weight excluding hydrogens is 214 g/mol. The normalized spacial score (nSPS) is 20.6. The molecule has 0 radical (unpaired) electrons. The molecule has 0 aromatic carbocycles. The third-order valence-electron chi connectivity index (χ3n) is 2.48. The lowest BCUT2D eigenvalue weighted by molar-refractivity contribution is 0.353. The van der Waals surface area contributed by atoms with Gasteiger partial charge in [-0.1, -0.05) is 19.0 Å². The number of hydrogen-bond acceptors (Lipinski definition) is 4. The van der Waals surface area contributed by atoms with Gasteiger partial charge in [0.25, 0.3) is 0 Å². The number of rotatable bonds is 3. The maximum atomic E-state index is 5.25. The van der Waals surface area contributed by atoms with Crippen LogP contribution in [0, 0.1) is 5.92 Å². The molecule has 1 aliphatic rings. The van der Waals surface area contributed by atoms with E-state index in [0.717, 1.165) is 37.6 Å². The summed E-state index contributed by atoms with van der Waals surface area (Å²) in [6.45, 7) is 6.36. The quantitative estimate of drug-likeness (QED) is 0.862. The molecule has 1 fully saturated rings. The van der Waals surface area contributed by atoms with E-state index in [1.165, 1.54) is 0 Å². The largest absolute Gasteiger partial charge is 0.339 e. The summed E-state index contributed by atoms with van der Waals surface area (Å²) >= 11 is 0. The van der Waals surface area contributed by atoms with Crippen LogP contribution in [0.1, 0.15) is 37.9 Å². The zero-order valence-electron chi connectivity index (χ0n) is 9.19. The van der Waals surface area contributed by atoms with Gasteiger partial charge in [-0.2, -0.15) is 4.98 Å². The highest BCUT2D eigenvalue weighted by atomic mass is 35.5. The van der Waals surface area contributed by atoms with Crippen LogP contribution < -0.4 is 5.32 Å². The lowest BCUT2D eigenvalue weighted by Gasteiger charge is -1.99. The zero-order chi connectivity index (χ0) is 9.97. The van der Waals surface area contributed by atoms with Crippen LogP contribution in [0.5, 0.6) is 0 Å². The fraction of sp³-hybridized carbons (Fsp3) is 0.800. The van der Waals surface area contributed by atoms with Gasteiger partial charge < -0.3 is 9.84 Å². The fourth-order valence-corrected chi connectivity index (χ4v) is 1.75. The molecule has 86 valence electrons. The number of nitrogens with zero attached hydrogens (tertiary/aromatic N) is 2. The average molecular weight is 232 g/mol. The van der Waals surface area contributed by atoms with Gasteiger partial charge in [0.2, 0.25) is 5.89 Å². The molecule has 0 unspecified atom stereocenters. The molecule has 15 heavy (non-hydrogen) atoms. The topological polar surface area (TPSA) is 51.0 Å². The molecule has 0 aliphatic carbocycles. The van der Waals surface area contributed by atoms with E-state index in [1.807, 2.05) is 0 Å². The Morgan fingerprint density at radius 1 is 1.53 bits per heavy atom. The molecule has 1 saturated heterocycles. The standard InChI is InChI=1S/C10H17N3O.ClH/c1-7(2)5-9-12-10(14-13-9)8-3-4-11-6-8;/h7-8,11H,3-6H2,1-2H3;1H/t8-;/m1./s1. The fourth-order valence-electron chi connectivity index (χ4n) is 1.75. The molecule has 0 saturated carbocycles. The van der Waals surface area contributed by atoms with E-state index in [0.29, 0.717) is 11.8 Å². The summed E-state index contributed by atoms with van der Waals surface area (Å²) in [5.41, 5.74) is 0. The third-order valence-corrected chi connectivity index (χ3v) is 2.48. The summed E-state index contributed by atoms with van der Waals surface area (Å²) in [6, 6.07) is 0. The summed E-state index contributed by atoms with van der Waals surface area (Å²) in [6.07, 6.45) is 2.02. The van der Waals surface area contributed by atoms with Gasteiger partial charge in [0.15, 0.2) is 5.82 Å². The van der Waals surface area contributed by atoms with Crippen LogP contribution in [0.25, 0.3) is 0 Å². The molecule has 1 N–H and O–H groups in total. The zero-order valence-corrected chi connectivity index (χ0v) is 10.0. The van der Waals surface area contributed by atoms with Crippen molar-refractivity contribution >= 4 is 12.4 Å². The van der Waals surface area contributed by atoms with E-state index >= 15 is 0 Å². The van der Waals surface area contributed by atoms with Crippen molar-refractivity contribution < 1.29 is 4.52 Å². The van der Waals surface area contributed by atoms with Crippen molar-refractivity contribution in [1.29, 1.82) is 0 Å². The number of aromatic nitrogens is 2. The first-order valence-corrected chi connectivity index (χ1v) is 5.29. The molecule has 2 heterocycles. The molecule has 1 aliphatic heterocycles. The van der Waals surface area contributed by atoms with E-state index < -0.39 is 0 Å². The minimum atomic E-state index is 0. The highest BCUT2D eigenvalue weighted by molar-refractivity contribution is 5.85. The maximum Gasteiger partial charge on any atom is 0.231 e. The van der Waals surface area contributed by atoms with Crippen molar-refractivity contribution in [1.82, 2.24) is 15.5 Å². The molecule has 1 aromatic rings. The molecule has 0 spiro atoms. The van der Waals surface area contributed by atoms with Crippen LogP contribution >= 0.6 is 12.4 Å². The second-order valence-corrected chi connectivity index (χ2v) is 4.34. The molecular formula is C10H18ClN3O. The average Bonchev–Trinajstić information content (AvgIpc) is 2.69. The molecule has 2 rings (SSSR count). The Bertz CT molecular complexity index is 295. The van der Waals surface area contributed by atoms with Gasteiger partial charge in [0.1, 0.15) is 0 Å². The monoisotopic (exact) mass is 231 g/mol. The Morgan fingerprint density at radius 3 is 2.93 bits per heavy atom. The highest BCUT2D eigenvalue weighted by Crippen LogP contribution is 2.20. The second kappa shape index (κ2) is 5.47. The van der Waals surface area contributed by atoms with Crippen molar-refractivity contribution in [2.45, 2.75) is 32.6 Å². The Balaban J connectivity index is 0.00000112. The number of halogens is 1. The first-order valence-electron chi connectivity index (χ1n) is 5.29. The Morgan fingerprint density at radius 2 is 2.33 bits per heavy atom. The van der Waals surface area contributed by atoms with Gasteiger partial charge in [0, 0.05) is 13.0 Å². The van der Waals surface area contributed by atoms with Crippen LogP contribution in [0.15, 0.2) is 4.52 Å². The van der Waals surface area contributed by atoms with Gasteiger partial charge in [-0.05, 0) is 18.9 Å². The first-order chi connectivity index (χ1) is 6.75. The van der Waals surface area contributed by atoms with Crippen LogP contribution in [0.3, 0.4) is 0 Å². The van der Waals surface area contributed by atoms with Crippen molar-refractivity contribution in [3.05, 3.63) is 11.7 Å². The van der Waals surface area contributed by atoms with Crippen molar-refractivity contribution in [2.75, 3.05) is 13.1 Å². The van der Waals surface area contributed by atoms with Crippen molar-refractivity contribution in [2.24, 2.45) is 5.92 Å². The smallest absolute Gasteiger partial charge is 0.231 e. The van der Waals surface area contributed by atoms with Gasteiger partial charge in [-0.3, -0.25) is 0 Å². The van der Waals surface area contributed by atoms with E-state index in [2.05, 4.69) is 29.3 Å².